The predicted molar refractivity (Wildman–Crippen MR) is 126 cm³/mol. The third-order valence-corrected chi connectivity index (χ3v) is 6.16. The first-order valence-corrected chi connectivity index (χ1v) is 11.2. The Morgan fingerprint density at radius 2 is 1.86 bits per heavy atom. The summed E-state index contributed by atoms with van der Waals surface area (Å²) in [6, 6.07) is 12.6. The molecule has 2 aliphatic heterocycles. The first kappa shape index (κ1) is 24.0. The minimum atomic E-state index is -0.486. The van der Waals surface area contributed by atoms with Crippen LogP contribution in [-0.2, 0) is 14.3 Å². The zero-order valence-electron chi connectivity index (χ0n) is 19.4. The molecular weight excluding hydrogens is 452 g/mol. The van der Waals surface area contributed by atoms with Crippen molar-refractivity contribution < 1.29 is 28.6 Å². The number of hydrogen-bond acceptors (Lipinski definition) is 7. The van der Waals surface area contributed by atoms with Gasteiger partial charge in [-0.05, 0) is 55.3 Å². The van der Waals surface area contributed by atoms with Gasteiger partial charge in [0.2, 0.25) is 0 Å². The summed E-state index contributed by atoms with van der Waals surface area (Å²) in [4.78, 5) is 39.0. The van der Waals surface area contributed by atoms with Gasteiger partial charge in [-0.3, -0.25) is 9.59 Å². The van der Waals surface area contributed by atoms with Gasteiger partial charge in [0.1, 0.15) is 18.5 Å². The van der Waals surface area contributed by atoms with Crippen LogP contribution in [0.15, 0.2) is 42.5 Å². The van der Waals surface area contributed by atoms with E-state index in [1.54, 1.807) is 54.4 Å². The molecule has 0 aliphatic carbocycles. The van der Waals surface area contributed by atoms with E-state index in [1.807, 2.05) is 6.07 Å². The van der Waals surface area contributed by atoms with Gasteiger partial charge >= 0.3 is 12.0 Å². The molecular formula is C25H26N4O6. The second-order valence-corrected chi connectivity index (χ2v) is 8.43. The third-order valence-electron chi connectivity index (χ3n) is 6.16. The molecule has 0 unspecified atom stereocenters. The van der Waals surface area contributed by atoms with Crippen LogP contribution in [0.4, 0.5) is 16.2 Å². The number of nitrogens with one attached hydrogen (secondary N) is 2. The van der Waals surface area contributed by atoms with Crippen LogP contribution in [0, 0.1) is 11.3 Å². The summed E-state index contributed by atoms with van der Waals surface area (Å²) in [5.74, 6) is -0.198. The maximum Gasteiger partial charge on any atom is 0.323 e. The van der Waals surface area contributed by atoms with Gasteiger partial charge in [-0.1, -0.05) is 0 Å². The molecule has 10 heteroatoms. The Kier molecular flexibility index (Phi) is 7.17. The van der Waals surface area contributed by atoms with Crippen LogP contribution in [0.1, 0.15) is 35.2 Å². The predicted octanol–water partition coefficient (Wildman–Crippen LogP) is 3.15. The van der Waals surface area contributed by atoms with Crippen LogP contribution >= 0.6 is 0 Å². The van der Waals surface area contributed by atoms with Crippen molar-refractivity contribution in [1.82, 2.24) is 4.90 Å². The zero-order valence-corrected chi connectivity index (χ0v) is 19.4. The number of esters is 1. The lowest BCUT2D eigenvalue weighted by molar-refractivity contribution is -0.151. The normalized spacial score (nSPS) is 21.2. The molecule has 2 N–H and O–H groups in total. The van der Waals surface area contributed by atoms with Gasteiger partial charge in [0.25, 0.3) is 5.91 Å². The molecule has 4 rings (SSSR count). The highest BCUT2D eigenvalue weighted by Crippen LogP contribution is 2.32. The molecule has 3 amide bonds. The molecule has 2 aliphatic rings. The lowest BCUT2D eigenvalue weighted by Crippen LogP contribution is -2.53. The Balaban J connectivity index is 1.45. The molecule has 2 aromatic carbocycles. The van der Waals surface area contributed by atoms with Crippen molar-refractivity contribution in [3.63, 3.8) is 0 Å². The lowest BCUT2D eigenvalue weighted by atomic mass is 9.94. The summed E-state index contributed by atoms with van der Waals surface area (Å²) in [5.41, 5.74) is 1.78. The maximum absolute atomic E-state index is 13.3. The number of rotatable bonds is 4. The Morgan fingerprint density at radius 1 is 1.14 bits per heavy atom. The van der Waals surface area contributed by atoms with Crippen LogP contribution in [0.2, 0.25) is 0 Å². The molecule has 1 saturated heterocycles. The number of anilines is 2. The summed E-state index contributed by atoms with van der Waals surface area (Å²) >= 11 is 0. The number of amides is 3. The van der Waals surface area contributed by atoms with E-state index < -0.39 is 6.03 Å². The van der Waals surface area contributed by atoms with Gasteiger partial charge in [-0.2, -0.15) is 5.26 Å². The lowest BCUT2D eigenvalue weighted by Gasteiger charge is -2.42. The smallest absolute Gasteiger partial charge is 0.323 e. The first-order valence-electron chi connectivity index (χ1n) is 11.2. The number of carbonyl (C=O) groups excluding carboxylic acids is 3. The largest absolute Gasteiger partial charge is 0.490 e. The number of hydrogen-bond donors (Lipinski definition) is 2. The van der Waals surface area contributed by atoms with Crippen molar-refractivity contribution in [3.05, 3.63) is 53.6 Å². The number of carbonyl (C=O) groups is 3. The van der Waals surface area contributed by atoms with E-state index in [2.05, 4.69) is 10.6 Å². The Bertz CT molecular complexity index is 1160. The summed E-state index contributed by atoms with van der Waals surface area (Å²) in [7, 11) is 3.06. The van der Waals surface area contributed by atoms with E-state index in [9.17, 15) is 14.4 Å². The highest BCUT2D eigenvalue weighted by Gasteiger charge is 2.39. The minimum Gasteiger partial charge on any atom is -0.490 e. The second-order valence-electron chi connectivity index (χ2n) is 8.43. The summed E-state index contributed by atoms with van der Waals surface area (Å²) in [6.45, 7) is 0.221. The van der Waals surface area contributed by atoms with E-state index in [0.717, 1.165) is 0 Å². The molecule has 3 atom stereocenters. The van der Waals surface area contributed by atoms with Crippen LogP contribution in [-0.4, -0.2) is 61.8 Å². The fourth-order valence-electron chi connectivity index (χ4n) is 4.30. The minimum absolute atomic E-state index is 0.160. The summed E-state index contributed by atoms with van der Waals surface area (Å²) in [5, 5.41) is 14.3. The number of nitrogens with zero attached hydrogens (tertiary/aromatic N) is 2. The molecule has 1 fully saturated rings. The molecule has 10 nitrogen and oxygen atoms in total. The number of nitriles is 1. The van der Waals surface area contributed by atoms with E-state index in [0.29, 0.717) is 41.1 Å². The molecule has 35 heavy (non-hydrogen) atoms. The van der Waals surface area contributed by atoms with Gasteiger partial charge in [-0.25, -0.2) is 4.79 Å². The van der Waals surface area contributed by atoms with E-state index in [4.69, 9.17) is 19.5 Å². The van der Waals surface area contributed by atoms with Crippen LogP contribution in [0.3, 0.4) is 0 Å². The number of methoxy groups -OCH3 is 1. The molecule has 0 bridgehead atoms. The van der Waals surface area contributed by atoms with Crippen molar-refractivity contribution in [2.24, 2.45) is 0 Å². The Labute approximate surface area is 202 Å². The Hall–Kier alpha value is -4.10. The zero-order chi connectivity index (χ0) is 24.9. The topological polar surface area (TPSA) is 130 Å². The molecule has 2 heterocycles. The van der Waals surface area contributed by atoms with Crippen molar-refractivity contribution >= 4 is 29.3 Å². The fraction of sp³-hybridized carbons (Fsp3) is 0.360. The average Bonchev–Trinajstić information content (AvgIpc) is 2.86. The standard InChI is InChI=1S/C25H26N4O6/c1-29-20-9-8-18(12-23(30)33-2)35-22(20)14-34-21-10-7-17(11-19(21)24(29)31)28-25(32)27-16-5-3-15(13-26)4-6-16/h3-7,10-11,18,20,22H,8-9,12,14H2,1-2H3,(H2,27,28,32)/t18-,20+,22+/m0/s1. The Morgan fingerprint density at radius 3 is 2.57 bits per heavy atom. The molecule has 182 valence electrons. The van der Waals surface area contributed by atoms with Crippen molar-refractivity contribution in [3.8, 4) is 11.8 Å². The number of likely N-dealkylation sites (N-methyl/N-ethyl adjacent to an activating group) is 1. The maximum atomic E-state index is 13.3. The molecule has 2 aromatic rings. The van der Waals surface area contributed by atoms with Crippen LogP contribution in [0.5, 0.6) is 5.75 Å². The van der Waals surface area contributed by atoms with Crippen molar-refractivity contribution in [2.45, 2.75) is 37.5 Å². The highest BCUT2D eigenvalue weighted by molar-refractivity contribution is 6.02. The number of ether oxygens (including phenoxy) is 3. The first-order chi connectivity index (χ1) is 16.9. The monoisotopic (exact) mass is 478 g/mol. The van der Waals surface area contributed by atoms with Crippen molar-refractivity contribution in [2.75, 3.05) is 31.4 Å². The molecule has 0 saturated carbocycles. The van der Waals surface area contributed by atoms with E-state index >= 15 is 0 Å². The van der Waals surface area contributed by atoms with Gasteiger partial charge in [0, 0.05) is 18.4 Å². The SMILES string of the molecule is COC(=O)C[C@@H]1CC[C@@H]2[C@@H](COc3ccc(NC(=O)Nc4ccc(C#N)cc4)cc3C(=O)N2C)O1. The van der Waals surface area contributed by atoms with Crippen molar-refractivity contribution in [1.29, 1.82) is 5.26 Å². The van der Waals surface area contributed by atoms with Gasteiger partial charge in [0.05, 0.1) is 42.9 Å². The second kappa shape index (κ2) is 10.4. The highest BCUT2D eigenvalue weighted by atomic mass is 16.5. The van der Waals surface area contributed by atoms with Gasteiger partial charge in [0.15, 0.2) is 0 Å². The number of fused-ring (bicyclic) bond motifs is 2. The quantitative estimate of drug-likeness (QED) is 0.646. The molecule has 0 aromatic heterocycles. The van der Waals surface area contributed by atoms with Crippen LogP contribution < -0.4 is 15.4 Å². The van der Waals surface area contributed by atoms with Crippen LogP contribution in [0.25, 0.3) is 0 Å². The summed E-state index contributed by atoms with van der Waals surface area (Å²) < 4.78 is 16.7. The van der Waals surface area contributed by atoms with E-state index in [1.165, 1.54) is 7.11 Å². The van der Waals surface area contributed by atoms with E-state index in [-0.39, 0.29) is 43.2 Å². The third kappa shape index (κ3) is 5.53. The average molecular weight is 479 g/mol. The molecule has 0 radical (unpaired) electrons. The number of urea groups is 1. The number of benzene rings is 2. The van der Waals surface area contributed by atoms with Gasteiger partial charge < -0.3 is 29.7 Å². The fourth-order valence-corrected chi connectivity index (χ4v) is 4.30. The summed E-state index contributed by atoms with van der Waals surface area (Å²) in [6.07, 6.45) is 0.788. The molecule has 0 spiro atoms. The van der Waals surface area contributed by atoms with Gasteiger partial charge in [-0.15, -0.1) is 0 Å².